The Bertz CT molecular complexity index is 888. The fourth-order valence-corrected chi connectivity index (χ4v) is 3.76. The van der Waals surface area contributed by atoms with Crippen LogP contribution in [0.5, 0.6) is 0 Å². The molecule has 0 atom stereocenters. The van der Waals surface area contributed by atoms with Crippen molar-refractivity contribution in [2.45, 2.75) is 64.7 Å². The van der Waals surface area contributed by atoms with Crippen molar-refractivity contribution < 1.29 is 4.79 Å². The minimum atomic E-state index is -0.147. The third kappa shape index (κ3) is 3.18. The van der Waals surface area contributed by atoms with Crippen LogP contribution >= 0.6 is 0 Å². The number of carbonyl (C=O) groups excluding carboxylic acids is 1. The molecule has 2 aliphatic carbocycles. The van der Waals surface area contributed by atoms with E-state index in [0.717, 1.165) is 44.2 Å². The largest absolute Gasteiger partial charge is 0.310 e. The number of rotatable bonds is 5. The first-order valence-electron chi connectivity index (χ1n) is 9.57. The lowest BCUT2D eigenvalue weighted by molar-refractivity contribution is -0.119. The van der Waals surface area contributed by atoms with Crippen molar-refractivity contribution in [2.75, 3.05) is 5.32 Å². The minimum absolute atomic E-state index is 0.0373. The molecular weight excluding hydrogens is 330 g/mol. The number of nitrogens with zero attached hydrogens (tertiary/aromatic N) is 3. The molecule has 2 aromatic heterocycles. The van der Waals surface area contributed by atoms with E-state index < -0.39 is 0 Å². The number of carbonyl (C=O) groups is 1. The summed E-state index contributed by atoms with van der Waals surface area (Å²) in [6.45, 7) is 3.77. The molecule has 2 fully saturated rings. The van der Waals surface area contributed by atoms with E-state index in [2.05, 4.69) is 20.4 Å². The first-order valence-corrected chi connectivity index (χ1v) is 9.57. The number of aryl methyl sites for hydroxylation is 1. The molecule has 2 heterocycles. The molecule has 7 heteroatoms. The van der Waals surface area contributed by atoms with Crippen molar-refractivity contribution in [1.82, 2.24) is 19.7 Å². The van der Waals surface area contributed by atoms with E-state index in [1.165, 1.54) is 0 Å². The lowest BCUT2D eigenvalue weighted by atomic mass is 10.1. The third-order valence-electron chi connectivity index (χ3n) is 5.47. The van der Waals surface area contributed by atoms with E-state index in [4.69, 9.17) is 0 Å². The van der Waals surface area contributed by atoms with Crippen molar-refractivity contribution in [1.29, 1.82) is 0 Å². The summed E-state index contributed by atoms with van der Waals surface area (Å²) in [7, 11) is 0. The van der Waals surface area contributed by atoms with Gasteiger partial charge in [0.2, 0.25) is 11.9 Å². The lowest BCUT2D eigenvalue weighted by Gasteiger charge is -2.12. The molecule has 0 bridgehead atoms. The molecule has 0 radical (unpaired) electrons. The summed E-state index contributed by atoms with van der Waals surface area (Å²) < 4.78 is 1.58. The van der Waals surface area contributed by atoms with Crippen LogP contribution < -0.4 is 10.9 Å². The zero-order valence-corrected chi connectivity index (χ0v) is 15.3. The molecule has 0 saturated heterocycles. The van der Waals surface area contributed by atoms with Crippen molar-refractivity contribution in [3.8, 4) is 5.95 Å². The molecular formula is C19H25N5O2. The van der Waals surface area contributed by atoms with E-state index in [0.29, 0.717) is 35.4 Å². The number of hydrogen-bond acceptors (Lipinski definition) is 4. The van der Waals surface area contributed by atoms with Gasteiger partial charge >= 0.3 is 0 Å². The molecule has 7 nitrogen and oxygen atoms in total. The van der Waals surface area contributed by atoms with Crippen LogP contribution in [-0.2, 0) is 11.2 Å². The maximum absolute atomic E-state index is 12.6. The van der Waals surface area contributed by atoms with Gasteiger partial charge in [0.15, 0.2) is 0 Å². The maximum atomic E-state index is 12.6. The zero-order valence-electron chi connectivity index (χ0n) is 15.3. The Labute approximate surface area is 152 Å². The van der Waals surface area contributed by atoms with Gasteiger partial charge in [-0.25, -0.2) is 4.98 Å². The number of anilines is 1. The van der Waals surface area contributed by atoms with Crippen molar-refractivity contribution in [3.63, 3.8) is 0 Å². The monoisotopic (exact) mass is 355 g/mol. The highest BCUT2D eigenvalue weighted by molar-refractivity contribution is 5.92. The van der Waals surface area contributed by atoms with Crippen LogP contribution in [0.4, 0.5) is 5.82 Å². The highest BCUT2D eigenvalue weighted by Crippen LogP contribution is 2.40. The second kappa shape index (κ2) is 6.70. The number of hydrogen-bond donors (Lipinski definition) is 2. The third-order valence-corrected chi connectivity index (χ3v) is 5.47. The second-order valence-corrected chi connectivity index (χ2v) is 7.42. The van der Waals surface area contributed by atoms with Gasteiger partial charge < -0.3 is 5.32 Å². The fraction of sp³-hybridized carbons (Fsp3) is 0.579. The standard InChI is InChI=1S/C19H25N5O2/c1-3-14-11(2)20-19(22-18(14)26)24-16(10-15(23-24)12-8-9-12)21-17(25)13-6-4-5-7-13/h10,12-13H,3-9H2,1-2H3,(H,21,25)(H,20,22,26). The van der Waals surface area contributed by atoms with Gasteiger partial charge in [-0.2, -0.15) is 9.78 Å². The van der Waals surface area contributed by atoms with Gasteiger partial charge in [0.1, 0.15) is 5.82 Å². The van der Waals surface area contributed by atoms with Gasteiger partial charge in [-0.3, -0.25) is 14.6 Å². The van der Waals surface area contributed by atoms with Gasteiger partial charge in [-0.15, -0.1) is 0 Å². The van der Waals surface area contributed by atoms with Crippen molar-refractivity contribution in [2.24, 2.45) is 5.92 Å². The van der Waals surface area contributed by atoms with Crippen LogP contribution in [0.15, 0.2) is 10.9 Å². The van der Waals surface area contributed by atoms with Gasteiger partial charge in [0, 0.05) is 29.2 Å². The van der Waals surface area contributed by atoms with Gasteiger partial charge in [-0.05, 0) is 39.0 Å². The molecule has 1 amide bonds. The van der Waals surface area contributed by atoms with E-state index in [-0.39, 0.29) is 17.4 Å². The molecule has 0 aromatic carbocycles. The fourth-order valence-electron chi connectivity index (χ4n) is 3.76. The molecule has 0 unspecified atom stereocenters. The van der Waals surface area contributed by atoms with Crippen LogP contribution in [0.1, 0.15) is 68.3 Å². The summed E-state index contributed by atoms with van der Waals surface area (Å²) in [5.74, 6) is 1.50. The lowest BCUT2D eigenvalue weighted by Crippen LogP contribution is -2.24. The Hall–Kier alpha value is -2.44. The molecule has 2 N–H and O–H groups in total. The predicted octanol–water partition coefficient (Wildman–Crippen LogP) is 2.83. The van der Waals surface area contributed by atoms with Crippen molar-refractivity contribution in [3.05, 3.63) is 33.4 Å². The number of H-pyrrole nitrogens is 1. The second-order valence-electron chi connectivity index (χ2n) is 7.42. The first kappa shape index (κ1) is 17.0. The molecule has 26 heavy (non-hydrogen) atoms. The number of nitrogens with one attached hydrogen (secondary N) is 2. The molecule has 138 valence electrons. The van der Waals surface area contributed by atoms with Crippen molar-refractivity contribution >= 4 is 11.7 Å². The zero-order chi connectivity index (χ0) is 18.3. The highest BCUT2D eigenvalue weighted by atomic mass is 16.2. The van der Waals surface area contributed by atoms with Crippen LogP contribution in [0.25, 0.3) is 5.95 Å². The molecule has 0 spiro atoms. The predicted molar refractivity (Wildman–Crippen MR) is 98.7 cm³/mol. The quantitative estimate of drug-likeness (QED) is 0.862. The van der Waals surface area contributed by atoms with Crippen LogP contribution in [0, 0.1) is 12.8 Å². The number of aromatic amines is 1. The summed E-state index contributed by atoms with van der Waals surface area (Å²) >= 11 is 0. The summed E-state index contributed by atoms with van der Waals surface area (Å²) in [4.78, 5) is 32.3. The van der Waals surface area contributed by atoms with Gasteiger partial charge in [-0.1, -0.05) is 19.8 Å². The Morgan fingerprint density at radius 2 is 2.04 bits per heavy atom. The van der Waals surface area contributed by atoms with E-state index in [1.54, 1.807) is 4.68 Å². The smallest absolute Gasteiger partial charge is 0.255 e. The van der Waals surface area contributed by atoms with Gasteiger partial charge in [0.05, 0.1) is 5.69 Å². The summed E-state index contributed by atoms with van der Waals surface area (Å²) in [6, 6.07) is 1.92. The minimum Gasteiger partial charge on any atom is -0.310 e. The topological polar surface area (TPSA) is 92.7 Å². The van der Waals surface area contributed by atoms with Gasteiger partial charge in [0.25, 0.3) is 5.56 Å². The summed E-state index contributed by atoms with van der Waals surface area (Å²) in [6.07, 6.45) is 6.96. The first-order chi connectivity index (χ1) is 12.6. The van der Waals surface area contributed by atoms with Crippen LogP contribution in [-0.4, -0.2) is 25.7 Å². The Morgan fingerprint density at radius 3 is 2.65 bits per heavy atom. The Balaban J connectivity index is 1.70. The molecule has 2 saturated carbocycles. The Morgan fingerprint density at radius 1 is 1.31 bits per heavy atom. The highest BCUT2D eigenvalue weighted by Gasteiger charge is 2.30. The normalized spacial score (nSPS) is 17.6. The molecule has 0 aliphatic heterocycles. The Kier molecular flexibility index (Phi) is 4.38. The summed E-state index contributed by atoms with van der Waals surface area (Å²) in [5, 5.41) is 7.65. The van der Waals surface area contributed by atoms with E-state index in [9.17, 15) is 9.59 Å². The number of amides is 1. The maximum Gasteiger partial charge on any atom is 0.255 e. The summed E-state index contributed by atoms with van der Waals surface area (Å²) in [5.41, 5.74) is 2.18. The molecule has 2 aromatic rings. The van der Waals surface area contributed by atoms with Crippen LogP contribution in [0.2, 0.25) is 0 Å². The van der Waals surface area contributed by atoms with Crippen LogP contribution in [0.3, 0.4) is 0 Å². The molecule has 4 rings (SSSR count). The van der Waals surface area contributed by atoms with E-state index >= 15 is 0 Å². The van der Waals surface area contributed by atoms with E-state index in [1.807, 2.05) is 19.9 Å². The SMILES string of the molecule is CCc1c(C)nc(-n2nc(C3CC3)cc2NC(=O)C2CCCC2)[nH]c1=O. The average molecular weight is 355 g/mol. The average Bonchev–Trinajstić information content (AvgIpc) is 3.15. The molecule has 2 aliphatic rings. The number of aromatic nitrogens is 4.